The molecule has 0 bridgehead atoms. The minimum Gasteiger partial charge on any atom is -0.494 e. The van der Waals surface area contributed by atoms with E-state index in [-0.39, 0.29) is 18.3 Å². The van der Waals surface area contributed by atoms with Crippen molar-refractivity contribution in [3.63, 3.8) is 0 Å². The first kappa shape index (κ1) is 18.3. The lowest BCUT2D eigenvalue weighted by molar-refractivity contribution is -0.121. The van der Waals surface area contributed by atoms with Crippen LogP contribution < -0.4 is 15.4 Å². The molecule has 0 aliphatic carbocycles. The first-order valence-electron chi connectivity index (χ1n) is 7.12. The Morgan fingerprint density at radius 2 is 2.33 bits per heavy atom. The van der Waals surface area contributed by atoms with Gasteiger partial charge in [0.2, 0.25) is 5.91 Å². The molecule has 1 aliphatic rings. The predicted octanol–water partition coefficient (Wildman–Crippen LogP) is 2.90. The minimum absolute atomic E-state index is 0. The van der Waals surface area contributed by atoms with Gasteiger partial charge in [-0.1, -0.05) is 22.0 Å². The highest BCUT2D eigenvalue weighted by molar-refractivity contribution is 9.10. The Morgan fingerprint density at radius 3 is 3.05 bits per heavy atom. The van der Waals surface area contributed by atoms with Crippen LogP contribution in [0.5, 0.6) is 5.75 Å². The second-order valence-electron chi connectivity index (χ2n) is 5.01. The highest BCUT2D eigenvalue weighted by Crippen LogP contribution is 2.17. The van der Waals surface area contributed by atoms with Crippen LogP contribution in [-0.2, 0) is 4.79 Å². The zero-order valence-electron chi connectivity index (χ0n) is 11.9. The average molecular weight is 378 g/mol. The molecular formula is C15H22BrClN2O2. The number of halogens is 2. The van der Waals surface area contributed by atoms with Gasteiger partial charge < -0.3 is 15.4 Å². The molecule has 0 spiro atoms. The zero-order valence-corrected chi connectivity index (χ0v) is 14.3. The standard InChI is InChI=1S/C15H21BrN2O2.ClH/c16-12-4-1-6-14(10-12)20-9-3-7-15(19)18-11-13-5-2-8-17-13;/h1,4,6,10,13,17H,2-3,5,7-9,11H2,(H,18,19);1H. The molecule has 1 saturated heterocycles. The first-order chi connectivity index (χ1) is 9.74. The Bertz CT molecular complexity index is 439. The van der Waals surface area contributed by atoms with Crippen molar-refractivity contribution in [2.24, 2.45) is 0 Å². The van der Waals surface area contributed by atoms with E-state index in [1.165, 1.54) is 6.42 Å². The SMILES string of the molecule is Cl.O=C(CCCOc1cccc(Br)c1)NCC1CCCN1. The summed E-state index contributed by atoms with van der Waals surface area (Å²) in [6.07, 6.45) is 3.62. The van der Waals surface area contributed by atoms with Gasteiger partial charge in [0.25, 0.3) is 0 Å². The van der Waals surface area contributed by atoms with Crippen molar-refractivity contribution in [2.45, 2.75) is 31.7 Å². The van der Waals surface area contributed by atoms with Crippen LogP contribution in [0.4, 0.5) is 0 Å². The van der Waals surface area contributed by atoms with Crippen molar-refractivity contribution in [1.29, 1.82) is 0 Å². The van der Waals surface area contributed by atoms with Crippen molar-refractivity contribution in [2.75, 3.05) is 19.7 Å². The van der Waals surface area contributed by atoms with Crippen LogP contribution >= 0.6 is 28.3 Å². The maximum absolute atomic E-state index is 11.7. The Labute approximate surface area is 140 Å². The highest BCUT2D eigenvalue weighted by atomic mass is 79.9. The molecule has 1 aromatic carbocycles. The van der Waals surface area contributed by atoms with Gasteiger partial charge in [-0.15, -0.1) is 12.4 Å². The summed E-state index contributed by atoms with van der Waals surface area (Å²) in [6, 6.07) is 8.18. The van der Waals surface area contributed by atoms with Crippen LogP contribution in [0, 0.1) is 0 Å². The average Bonchev–Trinajstić information content (AvgIpc) is 2.95. The summed E-state index contributed by atoms with van der Waals surface area (Å²) in [5.41, 5.74) is 0. The molecule has 1 amide bonds. The van der Waals surface area contributed by atoms with Crippen LogP contribution in [0.25, 0.3) is 0 Å². The van der Waals surface area contributed by atoms with Crippen LogP contribution in [-0.4, -0.2) is 31.6 Å². The monoisotopic (exact) mass is 376 g/mol. The topological polar surface area (TPSA) is 50.4 Å². The third kappa shape index (κ3) is 7.16. The smallest absolute Gasteiger partial charge is 0.220 e. The van der Waals surface area contributed by atoms with Crippen molar-refractivity contribution < 1.29 is 9.53 Å². The predicted molar refractivity (Wildman–Crippen MR) is 90.2 cm³/mol. The Kier molecular flexibility index (Phi) is 8.73. The first-order valence-corrected chi connectivity index (χ1v) is 7.92. The van der Waals surface area contributed by atoms with Crippen molar-refractivity contribution >= 4 is 34.2 Å². The second kappa shape index (κ2) is 10.0. The number of nitrogens with one attached hydrogen (secondary N) is 2. The van der Waals surface area contributed by atoms with Gasteiger partial charge in [-0.05, 0) is 44.0 Å². The van der Waals surface area contributed by atoms with Crippen LogP contribution in [0.2, 0.25) is 0 Å². The van der Waals surface area contributed by atoms with E-state index in [1.807, 2.05) is 24.3 Å². The van der Waals surface area contributed by atoms with Crippen LogP contribution in [0.3, 0.4) is 0 Å². The number of carbonyl (C=O) groups is 1. The third-order valence-corrected chi connectivity index (χ3v) is 3.81. The summed E-state index contributed by atoms with van der Waals surface area (Å²) in [5.74, 6) is 0.937. The van der Waals surface area contributed by atoms with E-state index < -0.39 is 0 Å². The van der Waals surface area contributed by atoms with Gasteiger partial charge in [0.15, 0.2) is 0 Å². The lowest BCUT2D eigenvalue weighted by atomic mass is 10.2. The molecule has 0 saturated carbocycles. The summed E-state index contributed by atoms with van der Waals surface area (Å²) < 4.78 is 6.59. The lowest BCUT2D eigenvalue weighted by Gasteiger charge is -2.11. The van der Waals surface area contributed by atoms with Gasteiger partial charge in [0.1, 0.15) is 5.75 Å². The van der Waals surface area contributed by atoms with E-state index in [9.17, 15) is 4.79 Å². The number of ether oxygens (including phenoxy) is 1. The summed E-state index contributed by atoms with van der Waals surface area (Å²) in [5, 5.41) is 6.33. The van der Waals surface area contributed by atoms with Gasteiger partial charge in [-0.25, -0.2) is 0 Å². The molecule has 118 valence electrons. The fourth-order valence-electron chi connectivity index (χ4n) is 2.24. The van der Waals surface area contributed by atoms with E-state index in [2.05, 4.69) is 26.6 Å². The maximum Gasteiger partial charge on any atom is 0.220 e. The number of hydrogen-bond acceptors (Lipinski definition) is 3. The highest BCUT2D eigenvalue weighted by Gasteiger charge is 2.14. The van der Waals surface area contributed by atoms with Crippen LogP contribution in [0.1, 0.15) is 25.7 Å². The van der Waals surface area contributed by atoms with Gasteiger partial charge >= 0.3 is 0 Å². The van der Waals surface area contributed by atoms with Crippen molar-refractivity contribution in [3.8, 4) is 5.75 Å². The number of amides is 1. The molecule has 4 nitrogen and oxygen atoms in total. The Morgan fingerprint density at radius 1 is 1.48 bits per heavy atom. The number of benzene rings is 1. The third-order valence-electron chi connectivity index (χ3n) is 3.32. The lowest BCUT2D eigenvalue weighted by Crippen LogP contribution is -2.37. The normalized spacial score (nSPS) is 17.1. The largest absolute Gasteiger partial charge is 0.494 e. The van der Waals surface area contributed by atoms with Crippen molar-refractivity contribution in [3.05, 3.63) is 28.7 Å². The maximum atomic E-state index is 11.7. The number of carbonyl (C=O) groups excluding carboxylic acids is 1. The molecule has 1 atom stereocenters. The number of rotatable bonds is 7. The van der Waals surface area contributed by atoms with Gasteiger partial charge in [0.05, 0.1) is 6.61 Å². The molecule has 0 aromatic heterocycles. The molecule has 1 unspecified atom stereocenters. The fraction of sp³-hybridized carbons (Fsp3) is 0.533. The molecule has 1 heterocycles. The van der Waals surface area contributed by atoms with Gasteiger partial charge in [-0.3, -0.25) is 4.79 Å². The fourth-order valence-corrected chi connectivity index (χ4v) is 2.61. The van der Waals surface area contributed by atoms with E-state index in [4.69, 9.17) is 4.74 Å². The van der Waals surface area contributed by atoms with Gasteiger partial charge in [-0.2, -0.15) is 0 Å². The van der Waals surface area contributed by atoms with Gasteiger partial charge in [0, 0.05) is 23.5 Å². The van der Waals surface area contributed by atoms with E-state index in [1.54, 1.807) is 0 Å². The van der Waals surface area contributed by atoms with E-state index in [0.717, 1.165) is 36.2 Å². The molecule has 1 fully saturated rings. The molecule has 1 aliphatic heterocycles. The molecule has 6 heteroatoms. The Balaban J connectivity index is 0.00000220. The molecular weight excluding hydrogens is 356 g/mol. The quantitative estimate of drug-likeness (QED) is 0.718. The zero-order chi connectivity index (χ0) is 14.2. The molecule has 1 aromatic rings. The summed E-state index contributed by atoms with van der Waals surface area (Å²) in [6.45, 7) is 2.37. The minimum atomic E-state index is 0. The summed E-state index contributed by atoms with van der Waals surface area (Å²) in [4.78, 5) is 11.7. The molecule has 21 heavy (non-hydrogen) atoms. The second-order valence-corrected chi connectivity index (χ2v) is 5.92. The number of hydrogen-bond donors (Lipinski definition) is 2. The van der Waals surface area contributed by atoms with Crippen LogP contribution in [0.15, 0.2) is 28.7 Å². The molecule has 2 rings (SSSR count). The molecule has 0 radical (unpaired) electrons. The summed E-state index contributed by atoms with van der Waals surface area (Å²) in [7, 11) is 0. The Hall–Kier alpha value is -0.780. The summed E-state index contributed by atoms with van der Waals surface area (Å²) >= 11 is 3.40. The molecule has 2 N–H and O–H groups in total. The van der Waals surface area contributed by atoms with Crippen molar-refractivity contribution in [1.82, 2.24) is 10.6 Å². The van der Waals surface area contributed by atoms with E-state index >= 15 is 0 Å². The van der Waals surface area contributed by atoms with E-state index in [0.29, 0.717) is 19.1 Å².